The summed E-state index contributed by atoms with van der Waals surface area (Å²) in [6, 6.07) is 8.45. The zero-order chi connectivity index (χ0) is 12.4. The van der Waals surface area contributed by atoms with Crippen LogP contribution in [0.2, 0.25) is 0 Å². The fourth-order valence-corrected chi connectivity index (χ4v) is 2.41. The molecular formula is C13H18N4. The highest BCUT2D eigenvalue weighted by Gasteiger charge is 2.26. The number of hydrogen-bond acceptors (Lipinski definition) is 4. The monoisotopic (exact) mass is 230 g/mol. The third kappa shape index (κ3) is 2.06. The van der Waals surface area contributed by atoms with Gasteiger partial charge in [0.15, 0.2) is 0 Å². The molecule has 1 atom stereocenters. The maximum atomic E-state index is 8.96. The van der Waals surface area contributed by atoms with Crippen molar-refractivity contribution in [3.05, 3.63) is 23.8 Å². The normalized spacial score (nSPS) is 18.8. The van der Waals surface area contributed by atoms with Crippen LogP contribution in [0, 0.1) is 11.3 Å². The fraction of sp³-hybridized carbons (Fsp3) is 0.462. The average molecular weight is 230 g/mol. The molecule has 0 saturated heterocycles. The van der Waals surface area contributed by atoms with E-state index in [1.54, 1.807) is 0 Å². The van der Waals surface area contributed by atoms with Gasteiger partial charge in [-0.05, 0) is 31.2 Å². The molecule has 0 amide bonds. The Labute approximate surface area is 102 Å². The van der Waals surface area contributed by atoms with Gasteiger partial charge in [-0.15, -0.1) is 0 Å². The van der Waals surface area contributed by atoms with E-state index in [1.807, 2.05) is 18.2 Å². The molecule has 1 aromatic rings. The van der Waals surface area contributed by atoms with Crippen molar-refractivity contribution in [1.82, 2.24) is 0 Å². The predicted octanol–water partition coefficient (Wildman–Crippen LogP) is 1.16. The largest absolute Gasteiger partial charge is 0.371 e. The van der Waals surface area contributed by atoms with E-state index in [-0.39, 0.29) is 0 Å². The number of nitrogens with two attached hydrogens (primary N) is 1. The van der Waals surface area contributed by atoms with E-state index in [0.29, 0.717) is 18.2 Å². The molecular weight excluding hydrogens is 212 g/mol. The summed E-state index contributed by atoms with van der Waals surface area (Å²) in [4.78, 5) is 4.47. The molecule has 0 radical (unpaired) electrons. The van der Waals surface area contributed by atoms with Crippen molar-refractivity contribution < 1.29 is 0 Å². The maximum Gasteiger partial charge on any atom is 0.0992 e. The Hall–Kier alpha value is -1.73. The summed E-state index contributed by atoms with van der Waals surface area (Å²) in [5, 5.41) is 8.96. The molecule has 1 aliphatic rings. The number of anilines is 2. The first-order chi connectivity index (χ1) is 8.17. The second kappa shape index (κ2) is 4.64. The zero-order valence-corrected chi connectivity index (χ0v) is 10.3. The quantitative estimate of drug-likeness (QED) is 0.828. The lowest BCUT2D eigenvalue weighted by Gasteiger charge is -2.41. The van der Waals surface area contributed by atoms with Crippen LogP contribution in [0.15, 0.2) is 18.2 Å². The molecule has 1 unspecified atom stereocenters. The molecule has 0 fully saturated rings. The van der Waals surface area contributed by atoms with E-state index in [0.717, 1.165) is 18.7 Å². The van der Waals surface area contributed by atoms with Gasteiger partial charge in [0.1, 0.15) is 0 Å². The molecule has 2 rings (SSSR count). The summed E-state index contributed by atoms with van der Waals surface area (Å²) >= 11 is 0. The van der Waals surface area contributed by atoms with E-state index in [9.17, 15) is 0 Å². The fourth-order valence-electron chi connectivity index (χ4n) is 2.41. The van der Waals surface area contributed by atoms with E-state index < -0.39 is 0 Å². The molecule has 90 valence electrons. The van der Waals surface area contributed by atoms with Gasteiger partial charge in [0, 0.05) is 26.7 Å². The first kappa shape index (κ1) is 11.7. The predicted molar refractivity (Wildman–Crippen MR) is 70.3 cm³/mol. The highest BCUT2D eigenvalue weighted by molar-refractivity contribution is 5.75. The van der Waals surface area contributed by atoms with Crippen LogP contribution in [0.3, 0.4) is 0 Å². The first-order valence-corrected chi connectivity index (χ1v) is 5.85. The van der Waals surface area contributed by atoms with Crippen molar-refractivity contribution in [2.24, 2.45) is 5.73 Å². The minimum absolute atomic E-state index is 0.423. The van der Waals surface area contributed by atoms with Crippen LogP contribution in [-0.2, 0) is 0 Å². The topological polar surface area (TPSA) is 56.3 Å². The molecule has 1 aromatic carbocycles. The molecule has 1 aliphatic heterocycles. The Balaban J connectivity index is 2.40. The summed E-state index contributed by atoms with van der Waals surface area (Å²) in [6.07, 6.45) is 0.969. The standard InChI is InChI=1S/C13H18N4/c1-16-9-11(5-6-14)17(2)13-7-10(8-15)3-4-12(13)16/h3-4,7,11H,5-6,9,14H2,1-2H3. The number of hydrogen-bond donors (Lipinski definition) is 1. The Morgan fingerprint density at radius 1 is 1.41 bits per heavy atom. The second-order valence-electron chi connectivity index (χ2n) is 4.54. The van der Waals surface area contributed by atoms with Crippen LogP contribution in [0.4, 0.5) is 11.4 Å². The second-order valence-corrected chi connectivity index (χ2v) is 4.54. The number of likely N-dealkylation sites (N-methyl/N-ethyl adjacent to an activating group) is 2. The number of nitrogens with zero attached hydrogens (tertiary/aromatic N) is 3. The van der Waals surface area contributed by atoms with Crippen molar-refractivity contribution >= 4 is 11.4 Å². The smallest absolute Gasteiger partial charge is 0.0992 e. The van der Waals surface area contributed by atoms with Crippen LogP contribution in [-0.4, -0.2) is 33.2 Å². The Morgan fingerprint density at radius 2 is 2.18 bits per heavy atom. The van der Waals surface area contributed by atoms with Crippen LogP contribution in [0.25, 0.3) is 0 Å². The molecule has 0 aliphatic carbocycles. The molecule has 0 spiro atoms. The lowest BCUT2D eigenvalue weighted by molar-refractivity contribution is 0.567. The molecule has 17 heavy (non-hydrogen) atoms. The van der Waals surface area contributed by atoms with Crippen molar-refractivity contribution in [3.8, 4) is 6.07 Å². The van der Waals surface area contributed by atoms with E-state index in [4.69, 9.17) is 11.0 Å². The first-order valence-electron chi connectivity index (χ1n) is 5.85. The van der Waals surface area contributed by atoms with E-state index >= 15 is 0 Å². The van der Waals surface area contributed by atoms with Crippen molar-refractivity contribution in [1.29, 1.82) is 5.26 Å². The summed E-state index contributed by atoms with van der Waals surface area (Å²) in [5.41, 5.74) is 8.65. The molecule has 0 bridgehead atoms. The van der Waals surface area contributed by atoms with Crippen LogP contribution >= 0.6 is 0 Å². The van der Waals surface area contributed by atoms with Gasteiger partial charge in [0.25, 0.3) is 0 Å². The summed E-state index contributed by atoms with van der Waals surface area (Å²) in [7, 11) is 4.16. The molecule has 4 heteroatoms. The van der Waals surface area contributed by atoms with Crippen LogP contribution in [0.5, 0.6) is 0 Å². The Kier molecular flexibility index (Phi) is 3.21. The number of rotatable bonds is 2. The van der Waals surface area contributed by atoms with Gasteiger partial charge in [-0.1, -0.05) is 0 Å². The van der Waals surface area contributed by atoms with E-state index in [1.165, 1.54) is 5.69 Å². The van der Waals surface area contributed by atoms with Gasteiger partial charge in [0.05, 0.1) is 23.0 Å². The van der Waals surface area contributed by atoms with Crippen molar-refractivity contribution in [2.45, 2.75) is 12.5 Å². The molecule has 0 aromatic heterocycles. The third-order valence-electron chi connectivity index (χ3n) is 3.43. The third-order valence-corrected chi connectivity index (χ3v) is 3.43. The SMILES string of the molecule is CN1CC(CCN)N(C)c2cc(C#N)ccc21. The van der Waals surface area contributed by atoms with E-state index in [2.05, 4.69) is 30.0 Å². The maximum absolute atomic E-state index is 8.96. The molecule has 2 N–H and O–H groups in total. The average Bonchev–Trinajstić information content (AvgIpc) is 2.35. The highest BCUT2D eigenvalue weighted by atomic mass is 15.3. The molecule has 1 heterocycles. The summed E-state index contributed by atoms with van der Waals surface area (Å²) < 4.78 is 0. The Bertz CT molecular complexity index is 449. The summed E-state index contributed by atoms with van der Waals surface area (Å²) in [5.74, 6) is 0. The number of benzene rings is 1. The minimum atomic E-state index is 0.423. The van der Waals surface area contributed by atoms with Gasteiger partial charge >= 0.3 is 0 Å². The number of nitriles is 1. The zero-order valence-electron chi connectivity index (χ0n) is 10.3. The van der Waals surface area contributed by atoms with Crippen molar-refractivity contribution in [2.75, 3.05) is 37.0 Å². The lowest BCUT2D eigenvalue weighted by Crippen LogP contribution is -2.46. The van der Waals surface area contributed by atoms with Crippen LogP contribution in [0.1, 0.15) is 12.0 Å². The van der Waals surface area contributed by atoms with Gasteiger partial charge in [0.2, 0.25) is 0 Å². The lowest BCUT2D eigenvalue weighted by atomic mass is 10.0. The Morgan fingerprint density at radius 3 is 2.82 bits per heavy atom. The molecule has 4 nitrogen and oxygen atoms in total. The number of fused-ring (bicyclic) bond motifs is 1. The molecule has 0 saturated carbocycles. The van der Waals surface area contributed by atoms with Gasteiger partial charge in [-0.3, -0.25) is 0 Å². The van der Waals surface area contributed by atoms with Gasteiger partial charge < -0.3 is 15.5 Å². The van der Waals surface area contributed by atoms with Gasteiger partial charge in [-0.25, -0.2) is 0 Å². The highest BCUT2D eigenvalue weighted by Crippen LogP contribution is 2.34. The summed E-state index contributed by atoms with van der Waals surface area (Å²) in [6.45, 7) is 1.67. The van der Waals surface area contributed by atoms with Crippen LogP contribution < -0.4 is 15.5 Å². The van der Waals surface area contributed by atoms with Gasteiger partial charge in [-0.2, -0.15) is 5.26 Å². The minimum Gasteiger partial charge on any atom is -0.371 e. The van der Waals surface area contributed by atoms with Crippen molar-refractivity contribution in [3.63, 3.8) is 0 Å².